The van der Waals surface area contributed by atoms with Crippen LogP contribution in [0.4, 0.5) is 0 Å². The quantitative estimate of drug-likeness (QED) is 0.919. The molecule has 2 heterocycles. The molecule has 2 aromatic rings. The van der Waals surface area contributed by atoms with E-state index >= 15 is 0 Å². The molecule has 0 amide bonds. The van der Waals surface area contributed by atoms with Gasteiger partial charge in [0, 0.05) is 31.7 Å². The Morgan fingerprint density at radius 2 is 2.12 bits per heavy atom. The van der Waals surface area contributed by atoms with Crippen LogP contribution in [-0.4, -0.2) is 10.1 Å². The Hall–Kier alpha value is -0.710. The number of pyridine rings is 1. The van der Waals surface area contributed by atoms with E-state index in [9.17, 15) is 5.11 Å². The minimum atomic E-state index is -0.580. The molecule has 1 atom stereocenters. The van der Waals surface area contributed by atoms with E-state index < -0.39 is 6.10 Å². The van der Waals surface area contributed by atoms with Gasteiger partial charge in [0.2, 0.25) is 0 Å². The van der Waals surface area contributed by atoms with Crippen molar-refractivity contribution in [3.63, 3.8) is 0 Å². The molecule has 0 saturated carbocycles. The van der Waals surface area contributed by atoms with Crippen LogP contribution in [-0.2, 0) is 0 Å². The van der Waals surface area contributed by atoms with Gasteiger partial charge in [0.15, 0.2) is 0 Å². The second-order valence-electron chi connectivity index (χ2n) is 3.69. The number of aliphatic hydroxyl groups excluding tert-OH is 1. The number of rotatable bonds is 2. The predicted molar refractivity (Wildman–Crippen MR) is 69.8 cm³/mol. The van der Waals surface area contributed by atoms with Gasteiger partial charge in [-0.05, 0) is 41.9 Å². The largest absolute Gasteiger partial charge is 0.383 e. The van der Waals surface area contributed by atoms with E-state index in [2.05, 4.69) is 20.9 Å². The molecule has 0 saturated heterocycles. The number of aryl methyl sites for hydroxylation is 2. The second-order valence-corrected chi connectivity index (χ2v) is 5.83. The van der Waals surface area contributed by atoms with Crippen molar-refractivity contribution in [1.82, 2.24) is 4.98 Å². The van der Waals surface area contributed by atoms with E-state index in [4.69, 9.17) is 0 Å². The van der Waals surface area contributed by atoms with Crippen molar-refractivity contribution < 1.29 is 5.11 Å². The van der Waals surface area contributed by atoms with Crippen LogP contribution in [0, 0.1) is 13.8 Å². The molecule has 84 valence electrons. The van der Waals surface area contributed by atoms with E-state index in [0.717, 1.165) is 20.6 Å². The lowest BCUT2D eigenvalue weighted by Gasteiger charge is -2.08. The molecule has 0 radical (unpaired) electrons. The predicted octanol–water partition coefficient (Wildman–Crippen LogP) is 3.60. The van der Waals surface area contributed by atoms with Gasteiger partial charge in [0.05, 0.1) is 0 Å². The molecule has 2 rings (SSSR count). The first kappa shape index (κ1) is 11.8. The van der Waals surface area contributed by atoms with E-state index in [1.807, 2.05) is 32.0 Å². The Morgan fingerprint density at radius 1 is 1.38 bits per heavy atom. The summed E-state index contributed by atoms with van der Waals surface area (Å²) in [6.07, 6.45) is 1.14. The molecule has 2 aromatic heterocycles. The Balaban J connectivity index is 2.31. The molecule has 0 aliphatic rings. The fourth-order valence-electron chi connectivity index (χ4n) is 1.42. The average Bonchev–Trinajstić information content (AvgIpc) is 2.59. The maximum atomic E-state index is 10.2. The first-order valence-electron chi connectivity index (χ1n) is 4.94. The van der Waals surface area contributed by atoms with Crippen molar-refractivity contribution in [3.8, 4) is 0 Å². The van der Waals surface area contributed by atoms with E-state index in [-0.39, 0.29) is 0 Å². The van der Waals surface area contributed by atoms with Gasteiger partial charge in [-0.2, -0.15) is 0 Å². The Bertz CT molecular complexity index is 473. The Morgan fingerprint density at radius 3 is 2.62 bits per heavy atom. The monoisotopic (exact) mass is 297 g/mol. The van der Waals surface area contributed by atoms with Gasteiger partial charge in [-0.15, -0.1) is 11.3 Å². The Labute approximate surface area is 107 Å². The normalized spacial score (nSPS) is 12.8. The third kappa shape index (κ3) is 2.34. The first-order chi connectivity index (χ1) is 7.58. The van der Waals surface area contributed by atoms with Crippen LogP contribution in [0.2, 0.25) is 0 Å². The van der Waals surface area contributed by atoms with Gasteiger partial charge in [-0.25, -0.2) is 0 Å². The summed E-state index contributed by atoms with van der Waals surface area (Å²) in [6.45, 7) is 3.96. The minimum absolute atomic E-state index is 0.580. The lowest BCUT2D eigenvalue weighted by molar-refractivity contribution is 0.223. The Kier molecular flexibility index (Phi) is 3.42. The van der Waals surface area contributed by atoms with Crippen LogP contribution < -0.4 is 0 Å². The third-order valence-corrected chi connectivity index (χ3v) is 4.58. The highest BCUT2D eigenvalue weighted by atomic mass is 79.9. The van der Waals surface area contributed by atoms with E-state index in [1.165, 1.54) is 4.88 Å². The third-order valence-electron chi connectivity index (χ3n) is 2.40. The van der Waals surface area contributed by atoms with Crippen molar-refractivity contribution in [2.24, 2.45) is 0 Å². The highest BCUT2D eigenvalue weighted by Gasteiger charge is 2.14. The van der Waals surface area contributed by atoms with Crippen LogP contribution in [0.25, 0.3) is 0 Å². The van der Waals surface area contributed by atoms with Crippen molar-refractivity contribution in [2.45, 2.75) is 20.0 Å². The molecule has 0 fully saturated rings. The van der Waals surface area contributed by atoms with Crippen LogP contribution in [0.1, 0.15) is 27.1 Å². The molecule has 1 unspecified atom stereocenters. The molecular formula is C12H12BrNOS. The topological polar surface area (TPSA) is 33.1 Å². The maximum absolute atomic E-state index is 10.2. The molecular weight excluding hydrogens is 286 g/mol. The van der Waals surface area contributed by atoms with Crippen LogP contribution in [0.5, 0.6) is 0 Å². The van der Waals surface area contributed by atoms with Crippen molar-refractivity contribution in [3.05, 3.63) is 49.9 Å². The second kappa shape index (κ2) is 4.65. The summed E-state index contributed by atoms with van der Waals surface area (Å²) in [5, 5.41) is 10.2. The minimum Gasteiger partial charge on any atom is -0.383 e. The number of hydrogen-bond acceptors (Lipinski definition) is 3. The zero-order valence-electron chi connectivity index (χ0n) is 9.07. The molecule has 0 aromatic carbocycles. The van der Waals surface area contributed by atoms with Gasteiger partial charge in [-0.1, -0.05) is 6.07 Å². The van der Waals surface area contributed by atoms with Crippen LogP contribution >= 0.6 is 27.3 Å². The molecule has 2 nitrogen and oxygen atoms in total. The van der Waals surface area contributed by atoms with Crippen molar-refractivity contribution >= 4 is 27.3 Å². The van der Waals surface area contributed by atoms with Crippen LogP contribution in [0.3, 0.4) is 0 Å². The SMILES string of the molecule is Cc1ccc(C(O)c2cc(Br)c(C)s2)cn1. The fraction of sp³-hybridized carbons (Fsp3) is 0.250. The van der Waals surface area contributed by atoms with Gasteiger partial charge < -0.3 is 5.11 Å². The van der Waals surface area contributed by atoms with Gasteiger partial charge in [0.1, 0.15) is 6.10 Å². The van der Waals surface area contributed by atoms with Crippen molar-refractivity contribution in [1.29, 1.82) is 0 Å². The first-order valence-corrected chi connectivity index (χ1v) is 6.55. The standard InChI is InChI=1S/C12H12BrNOS/c1-7-3-4-9(6-14-7)12(15)11-5-10(13)8(2)16-11/h3-6,12,15H,1-2H3. The molecule has 1 N–H and O–H groups in total. The summed E-state index contributed by atoms with van der Waals surface area (Å²) in [4.78, 5) is 6.30. The van der Waals surface area contributed by atoms with Gasteiger partial charge in [0.25, 0.3) is 0 Å². The lowest BCUT2D eigenvalue weighted by Crippen LogP contribution is -1.97. The van der Waals surface area contributed by atoms with Crippen LogP contribution in [0.15, 0.2) is 28.9 Å². The van der Waals surface area contributed by atoms with E-state index in [1.54, 1.807) is 17.5 Å². The molecule has 4 heteroatoms. The highest BCUT2D eigenvalue weighted by Crippen LogP contribution is 2.33. The molecule has 16 heavy (non-hydrogen) atoms. The molecule has 0 aliphatic carbocycles. The smallest absolute Gasteiger partial charge is 0.115 e. The summed E-state index contributed by atoms with van der Waals surface area (Å²) >= 11 is 5.05. The number of thiophene rings is 1. The number of hydrogen-bond donors (Lipinski definition) is 1. The fourth-order valence-corrected chi connectivity index (χ4v) is 3.00. The highest BCUT2D eigenvalue weighted by molar-refractivity contribution is 9.10. The molecule has 0 aliphatic heterocycles. The summed E-state index contributed by atoms with van der Waals surface area (Å²) in [7, 11) is 0. The average molecular weight is 298 g/mol. The van der Waals surface area contributed by atoms with E-state index in [0.29, 0.717) is 0 Å². The number of nitrogens with zero attached hydrogens (tertiary/aromatic N) is 1. The lowest BCUT2D eigenvalue weighted by atomic mass is 10.1. The zero-order valence-corrected chi connectivity index (χ0v) is 11.5. The zero-order chi connectivity index (χ0) is 11.7. The number of aromatic nitrogens is 1. The molecule has 0 spiro atoms. The maximum Gasteiger partial charge on any atom is 0.115 e. The van der Waals surface area contributed by atoms with Gasteiger partial charge in [-0.3, -0.25) is 4.98 Å². The summed E-state index contributed by atoms with van der Waals surface area (Å²) in [6, 6.07) is 5.79. The summed E-state index contributed by atoms with van der Waals surface area (Å²) in [5.41, 5.74) is 1.79. The number of halogens is 1. The summed E-state index contributed by atoms with van der Waals surface area (Å²) in [5.74, 6) is 0. The van der Waals surface area contributed by atoms with Gasteiger partial charge >= 0.3 is 0 Å². The summed E-state index contributed by atoms with van der Waals surface area (Å²) < 4.78 is 1.05. The molecule has 0 bridgehead atoms. The van der Waals surface area contributed by atoms with Crippen molar-refractivity contribution in [2.75, 3.05) is 0 Å². The number of aliphatic hydroxyl groups is 1.